The number of aromatic nitrogens is 2. The minimum absolute atomic E-state index is 0.0841. The van der Waals surface area contributed by atoms with Gasteiger partial charge in [0.25, 0.3) is 0 Å². The van der Waals surface area contributed by atoms with Gasteiger partial charge in [0, 0.05) is 29.6 Å². The van der Waals surface area contributed by atoms with Gasteiger partial charge in [-0.2, -0.15) is 0 Å². The standard InChI is InChI=1S/C23H22ClFN4O/c24-11-22(30)29(18-5-6-18)12-16-9-14(1-7-20(16)25)15-2-8-21-19(10-15)23(27-13-26-21)28-17-3-4-17/h1-2,7-10,13,17-18H,3-6,11-12H2,(H,26,27,28). The van der Waals surface area contributed by atoms with Crippen LogP contribution < -0.4 is 5.32 Å². The molecule has 2 aliphatic rings. The molecule has 0 unspecified atom stereocenters. The highest BCUT2D eigenvalue weighted by Gasteiger charge is 2.32. The second-order valence-corrected chi connectivity index (χ2v) is 8.33. The van der Waals surface area contributed by atoms with Gasteiger partial charge in [0.05, 0.1) is 5.52 Å². The summed E-state index contributed by atoms with van der Waals surface area (Å²) in [6.45, 7) is 0.237. The Morgan fingerprint density at radius 1 is 1.10 bits per heavy atom. The van der Waals surface area contributed by atoms with Crippen LogP contribution in [0.15, 0.2) is 42.7 Å². The van der Waals surface area contributed by atoms with Crippen molar-refractivity contribution in [1.29, 1.82) is 0 Å². The fraction of sp³-hybridized carbons (Fsp3) is 0.348. The Morgan fingerprint density at radius 2 is 1.87 bits per heavy atom. The molecule has 7 heteroatoms. The van der Waals surface area contributed by atoms with Gasteiger partial charge in [0.1, 0.15) is 23.8 Å². The van der Waals surface area contributed by atoms with Gasteiger partial charge in [-0.1, -0.05) is 12.1 Å². The highest BCUT2D eigenvalue weighted by molar-refractivity contribution is 6.27. The molecule has 3 aromatic rings. The van der Waals surface area contributed by atoms with E-state index in [1.54, 1.807) is 17.3 Å². The number of nitrogens with one attached hydrogen (secondary N) is 1. The van der Waals surface area contributed by atoms with Crippen LogP contribution in [-0.4, -0.2) is 38.7 Å². The summed E-state index contributed by atoms with van der Waals surface area (Å²) in [4.78, 5) is 22.7. The van der Waals surface area contributed by atoms with Crippen LogP contribution in [-0.2, 0) is 11.3 Å². The van der Waals surface area contributed by atoms with Crippen molar-refractivity contribution in [2.24, 2.45) is 0 Å². The van der Waals surface area contributed by atoms with Crippen LogP contribution in [0.5, 0.6) is 0 Å². The molecule has 1 N–H and O–H groups in total. The summed E-state index contributed by atoms with van der Waals surface area (Å²) >= 11 is 5.76. The van der Waals surface area contributed by atoms with Gasteiger partial charge in [-0.3, -0.25) is 4.79 Å². The number of hydrogen-bond donors (Lipinski definition) is 1. The predicted molar refractivity (Wildman–Crippen MR) is 116 cm³/mol. The highest BCUT2D eigenvalue weighted by Crippen LogP contribution is 2.33. The number of halogens is 2. The Morgan fingerprint density at radius 3 is 2.60 bits per heavy atom. The molecule has 0 saturated heterocycles. The Balaban J connectivity index is 1.48. The van der Waals surface area contributed by atoms with Crippen LogP contribution in [0.2, 0.25) is 0 Å². The molecule has 2 saturated carbocycles. The normalized spacial score (nSPS) is 15.9. The molecular weight excluding hydrogens is 403 g/mol. The average Bonchev–Trinajstić information content (AvgIpc) is 3.67. The number of fused-ring (bicyclic) bond motifs is 1. The largest absolute Gasteiger partial charge is 0.367 e. The van der Waals surface area contributed by atoms with Gasteiger partial charge in [-0.25, -0.2) is 14.4 Å². The third kappa shape index (κ3) is 3.97. The summed E-state index contributed by atoms with van der Waals surface area (Å²) in [6, 6.07) is 11.7. The Kier molecular flexibility index (Phi) is 5.03. The summed E-state index contributed by atoms with van der Waals surface area (Å²) in [5.41, 5.74) is 3.22. The molecule has 5 rings (SSSR count). The monoisotopic (exact) mass is 424 g/mol. The molecule has 30 heavy (non-hydrogen) atoms. The van der Waals surface area contributed by atoms with E-state index in [2.05, 4.69) is 15.3 Å². The molecule has 1 heterocycles. The van der Waals surface area contributed by atoms with Gasteiger partial charge < -0.3 is 10.2 Å². The lowest BCUT2D eigenvalue weighted by atomic mass is 10.0. The van der Waals surface area contributed by atoms with E-state index in [-0.39, 0.29) is 30.2 Å². The Labute approximate surface area is 179 Å². The number of amides is 1. The molecule has 2 aromatic carbocycles. The van der Waals surface area contributed by atoms with Crippen molar-refractivity contribution >= 4 is 34.2 Å². The lowest BCUT2D eigenvalue weighted by molar-refractivity contribution is -0.129. The summed E-state index contributed by atoms with van der Waals surface area (Å²) < 4.78 is 14.6. The van der Waals surface area contributed by atoms with Gasteiger partial charge in [0.15, 0.2) is 0 Å². The highest BCUT2D eigenvalue weighted by atomic mass is 35.5. The first-order valence-electron chi connectivity index (χ1n) is 10.3. The Bertz CT molecular complexity index is 1110. The van der Waals surface area contributed by atoms with E-state index in [0.717, 1.165) is 53.5 Å². The number of nitrogens with zero attached hydrogens (tertiary/aromatic N) is 3. The zero-order valence-corrected chi connectivity index (χ0v) is 17.2. The van der Waals surface area contributed by atoms with E-state index < -0.39 is 0 Å². The summed E-state index contributed by atoms with van der Waals surface area (Å²) in [5.74, 6) is 0.285. The van der Waals surface area contributed by atoms with E-state index in [4.69, 9.17) is 11.6 Å². The van der Waals surface area contributed by atoms with Crippen LogP contribution >= 0.6 is 11.6 Å². The maximum atomic E-state index is 14.6. The zero-order chi connectivity index (χ0) is 20.7. The molecule has 0 aliphatic heterocycles. The summed E-state index contributed by atoms with van der Waals surface area (Å²) in [5, 5.41) is 4.40. The molecule has 1 aromatic heterocycles. The molecular formula is C23H22ClFN4O. The number of hydrogen-bond acceptors (Lipinski definition) is 4. The predicted octanol–water partition coefficient (Wildman–Crippen LogP) is 4.74. The van der Waals surface area contributed by atoms with Crippen molar-refractivity contribution < 1.29 is 9.18 Å². The molecule has 0 radical (unpaired) electrons. The van der Waals surface area contributed by atoms with Crippen LogP contribution in [0, 0.1) is 5.82 Å². The first-order chi connectivity index (χ1) is 14.6. The van der Waals surface area contributed by atoms with Crippen LogP contribution in [0.25, 0.3) is 22.0 Å². The quantitative estimate of drug-likeness (QED) is 0.556. The topological polar surface area (TPSA) is 58.1 Å². The third-order valence-corrected chi connectivity index (χ3v) is 5.92. The minimum atomic E-state index is -0.313. The number of rotatable bonds is 7. The third-order valence-electron chi connectivity index (χ3n) is 5.70. The molecule has 1 amide bonds. The van der Waals surface area contributed by atoms with Crippen molar-refractivity contribution in [3.63, 3.8) is 0 Å². The summed E-state index contributed by atoms with van der Waals surface area (Å²) in [7, 11) is 0. The van der Waals surface area contributed by atoms with Crippen molar-refractivity contribution in [3.8, 4) is 11.1 Å². The number of carbonyl (C=O) groups is 1. The van der Waals surface area contributed by atoms with Crippen LogP contribution in [0.4, 0.5) is 10.2 Å². The SMILES string of the molecule is O=C(CCl)N(Cc1cc(-c2ccc3ncnc(NC4CC4)c3c2)ccc1F)C1CC1. The van der Waals surface area contributed by atoms with Crippen molar-refractivity contribution in [1.82, 2.24) is 14.9 Å². The molecule has 2 aliphatic carbocycles. The van der Waals surface area contributed by atoms with Gasteiger partial charge >= 0.3 is 0 Å². The molecule has 154 valence electrons. The second kappa shape index (κ2) is 7.84. The smallest absolute Gasteiger partial charge is 0.238 e. The fourth-order valence-corrected chi connectivity index (χ4v) is 3.87. The fourth-order valence-electron chi connectivity index (χ4n) is 3.72. The lowest BCUT2D eigenvalue weighted by Gasteiger charge is -2.22. The molecule has 0 spiro atoms. The first-order valence-corrected chi connectivity index (χ1v) is 10.8. The minimum Gasteiger partial charge on any atom is -0.367 e. The molecule has 5 nitrogen and oxygen atoms in total. The second-order valence-electron chi connectivity index (χ2n) is 8.07. The molecule has 0 atom stereocenters. The van der Waals surface area contributed by atoms with E-state index in [0.29, 0.717) is 11.6 Å². The van der Waals surface area contributed by atoms with E-state index in [1.807, 2.05) is 24.3 Å². The first kappa shape index (κ1) is 19.2. The van der Waals surface area contributed by atoms with Crippen molar-refractivity contribution in [2.75, 3.05) is 11.2 Å². The lowest BCUT2D eigenvalue weighted by Crippen LogP contribution is -2.33. The van der Waals surface area contributed by atoms with Gasteiger partial charge in [0.2, 0.25) is 5.91 Å². The van der Waals surface area contributed by atoms with E-state index in [1.165, 1.54) is 6.07 Å². The van der Waals surface area contributed by atoms with E-state index in [9.17, 15) is 9.18 Å². The van der Waals surface area contributed by atoms with Crippen molar-refractivity contribution in [2.45, 2.75) is 44.3 Å². The van der Waals surface area contributed by atoms with Gasteiger partial charge in [-0.15, -0.1) is 11.6 Å². The van der Waals surface area contributed by atoms with Crippen LogP contribution in [0.3, 0.4) is 0 Å². The van der Waals surface area contributed by atoms with Gasteiger partial charge in [-0.05, 0) is 61.1 Å². The van der Waals surface area contributed by atoms with Crippen LogP contribution in [0.1, 0.15) is 31.2 Å². The van der Waals surface area contributed by atoms with Crippen molar-refractivity contribution in [3.05, 3.63) is 54.1 Å². The number of alkyl halides is 1. The number of carbonyl (C=O) groups excluding carboxylic acids is 1. The number of anilines is 1. The average molecular weight is 425 g/mol. The maximum absolute atomic E-state index is 14.6. The Hall–Kier alpha value is -2.73. The zero-order valence-electron chi connectivity index (χ0n) is 16.4. The summed E-state index contributed by atoms with van der Waals surface area (Å²) in [6.07, 6.45) is 5.79. The van der Waals surface area contributed by atoms with E-state index >= 15 is 0 Å². The molecule has 0 bridgehead atoms. The maximum Gasteiger partial charge on any atom is 0.238 e. The number of benzene rings is 2. The molecule has 2 fully saturated rings.